The Morgan fingerprint density at radius 1 is 1.18 bits per heavy atom. The molecule has 0 unspecified atom stereocenters. The highest BCUT2D eigenvalue weighted by Crippen LogP contribution is 2.45. The number of aromatic nitrogens is 2. The second-order valence-electron chi connectivity index (χ2n) is 9.51. The molecule has 1 spiro atoms. The molecule has 33 heavy (non-hydrogen) atoms. The van der Waals surface area contributed by atoms with Crippen LogP contribution >= 0.6 is 11.6 Å². The Morgan fingerprint density at radius 3 is 2.79 bits per heavy atom. The van der Waals surface area contributed by atoms with Gasteiger partial charge in [0.15, 0.2) is 0 Å². The summed E-state index contributed by atoms with van der Waals surface area (Å²) in [4.78, 5) is 15.2. The van der Waals surface area contributed by atoms with E-state index >= 15 is 0 Å². The Morgan fingerprint density at radius 2 is 2.00 bits per heavy atom. The number of halogens is 1. The van der Waals surface area contributed by atoms with Crippen LogP contribution < -0.4 is 10.1 Å². The molecule has 0 bridgehead atoms. The fourth-order valence-corrected chi connectivity index (χ4v) is 5.68. The van der Waals surface area contributed by atoms with Crippen molar-refractivity contribution in [2.24, 2.45) is 0 Å². The maximum Gasteiger partial charge on any atom is 0.235 e. The number of rotatable bonds is 5. The van der Waals surface area contributed by atoms with Gasteiger partial charge in [0.05, 0.1) is 29.3 Å². The molecule has 3 heterocycles. The van der Waals surface area contributed by atoms with Crippen LogP contribution in [0.5, 0.6) is 5.75 Å². The molecule has 2 aromatic carbocycles. The minimum atomic E-state index is -0.459. The van der Waals surface area contributed by atoms with Crippen molar-refractivity contribution in [2.75, 3.05) is 31.6 Å². The highest BCUT2D eigenvalue weighted by atomic mass is 35.5. The van der Waals surface area contributed by atoms with Gasteiger partial charge in [-0.3, -0.25) is 14.4 Å². The molecule has 3 aromatic rings. The number of nitrogens with one attached hydrogen (secondary N) is 1. The van der Waals surface area contributed by atoms with E-state index in [0.717, 1.165) is 73.2 Å². The lowest BCUT2D eigenvalue weighted by Crippen LogP contribution is -2.47. The number of hydrogen-bond donors (Lipinski definition) is 2. The minimum absolute atomic E-state index is 0.0981. The predicted molar refractivity (Wildman–Crippen MR) is 127 cm³/mol. The fraction of sp³-hybridized carbons (Fsp3) is 0.440. The minimum Gasteiger partial charge on any atom is -0.492 e. The summed E-state index contributed by atoms with van der Waals surface area (Å²) in [5.41, 5.74) is 2.56. The number of piperidine rings is 1. The molecule has 0 atom stereocenters. The van der Waals surface area contributed by atoms with Crippen molar-refractivity contribution in [3.63, 3.8) is 0 Å². The second kappa shape index (κ2) is 8.01. The molecule has 2 N–H and O–H groups in total. The number of benzene rings is 2. The molecule has 2 fully saturated rings. The standard InChI is InChI=1S/C25H27ClN4O3/c26-17-1-3-22-21(12-17)25(24(32)28-22)5-7-29(8-6-25)9-10-33-20-2-4-23-16(11-20)15-27-30(23)18-13-19(31)14-18/h1-4,11-12,15,18-19,31H,5-10,13-14H2,(H,28,32)/t18-,19-. The smallest absolute Gasteiger partial charge is 0.235 e. The van der Waals surface area contributed by atoms with Crippen LogP contribution in [0.2, 0.25) is 5.02 Å². The topological polar surface area (TPSA) is 79.6 Å². The second-order valence-corrected chi connectivity index (χ2v) is 9.94. The van der Waals surface area contributed by atoms with Crippen molar-refractivity contribution in [3.8, 4) is 5.75 Å². The number of aliphatic hydroxyl groups is 1. The van der Waals surface area contributed by atoms with Gasteiger partial charge in [0.25, 0.3) is 0 Å². The van der Waals surface area contributed by atoms with Crippen LogP contribution in [0.25, 0.3) is 10.9 Å². The lowest BCUT2D eigenvalue weighted by Gasteiger charge is -2.38. The van der Waals surface area contributed by atoms with Crippen molar-refractivity contribution in [1.29, 1.82) is 0 Å². The lowest BCUT2D eigenvalue weighted by molar-refractivity contribution is -0.122. The first-order valence-electron chi connectivity index (χ1n) is 11.6. The molecule has 1 saturated heterocycles. The van der Waals surface area contributed by atoms with Crippen molar-refractivity contribution >= 4 is 34.1 Å². The molecule has 172 valence electrons. The van der Waals surface area contributed by atoms with E-state index in [1.807, 2.05) is 47.3 Å². The van der Waals surface area contributed by atoms with E-state index in [2.05, 4.69) is 15.3 Å². The van der Waals surface area contributed by atoms with E-state index in [0.29, 0.717) is 11.6 Å². The molecule has 1 aromatic heterocycles. The zero-order valence-electron chi connectivity index (χ0n) is 18.3. The van der Waals surface area contributed by atoms with E-state index in [4.69, 9.17) is 16.3 Å². The average molecular weight is 467 g/mol. The fourth-order valence-electron chi connectivity index (χ4n) is 5.50. The summed E-state index contributed by atoms with van der Waals surface area (Å²) in [6, 6.07) is 12.0. The Balaban J connectivity index is 1.05. The molecule has 1 amide bonds. The summed E-state index contributed by atoms with van der Waals surface area (Å²) < 4.78 is 8.05. The molecular weight excluding hydrogens is 440 g/mol. The van der Waals surface area contributed by atoms with E-state index in [1.165, 1.54) is 0 Å². The number of anilines is 1. The molecule has 1 saturated carbocycles. The van der Waals surface area contributed by atoms with Crippen molar-refractivity contribution in [2.45, 2.75) is 43.2 Å². The van der Waals surface area contributed by atoms with Crippen LogP contribution in [0.1, 0.15) is 37.3 Å². The Bertz CT molecular complexity index is 1210. The van der Waals surface area contributed by atoms with Gasteiger partial charge in [-0.25, -0.2) is 0 Å². The van der Waals surface area contributed by atoms with Gasteiger partial charge in [-0.05, 0) is 80.7 Å². The van der Waals surface area contributed by atoms with Gasteiger partial charge in [-0.2, -0.15) is 5.10 Å². The first-order chi connectivity index (χ1) is 16.0. The van der Waals surface area contributed by atoms with Crippen molar-refractivity contribution in [1.82, 2.24) is 14.7 Å². The first-order valence-corrected chi connectivity index (χ1v) is 12.0. The molecule has 7 nitrogen and oxygen atoms in total. The van der Waals surface area contributed by atoms with E-state index in [-0.39, 0.29) is 18.1 Å². The molecule has 2 aliphatic heterocycles. The van der Waals surface area contributed by atoms with Crippen LogP contribution in [0.4, 0.5) is 5.69 Å². The summed E-state index contributed by atoms with van der Waals surface area (Å²) in [7, 11) is 0. The van der Waals surface area contributed by atoms with Crippen LogP contribution in [0, 0.1) is 0 Å². The number of carbonyl (C=O) groups excluding carboxylic acids is 1. The normalized spacial score (nSPS) is 24.0. The number of likely N-dealkylation sites (tertiary alicyclic amines) is 1. The van der Waals surface area contributed by atoms with Gasteiger partial charge < -0.3 is 15.2 Å². The number of carbonyl (C=O) groups is 1. The predicted octanol–water partition coefficient (Wildman–Crippen LogP) is 3.75. The number of ether oxygens (including phenoxy) is 1. The van der Waals surface area contributed by atoms with Gasteiger partial charge in [0.2, 0.25) is 5.91 Å². The van der Waals surface area contributed by atoms with Crippen LogP contribution in [-0.2, 0) is 10.2 Å². The number of aliphatic hydroxyl groups excluding tert-OH is 1. The van der Waals surface area contributed by atoms with Gasteiger partial charge in [-0.1, -0.05) is 11.6 Å². The summed E-state index contributed by atoms with van der Waals surface area (Å²) in [5.74, 6) is 0.934. The van der Waals surface area contributed by atoms with E-state index in [1.54, 1.807) is 0 Å². The number of nitrogens with zero attached hydrogens (tertiary/aromatic N) is 3. The van der Waals surface area contributed by atoms with Crippen LogP contribution in [0.3, 0.4) is 0 Å². The zero-order valence-corrected chi connectivity index (χ0v) is 19.1. The number of amides is 1. The monoisotopic (exact) mass is 466 g/mol. The highest BCUT2D eigenvalue weighted by molar-refractivity contribution is 6.31. The third kappa shape index (κ3) is 3.59. The molecule has 0 radical (unpaired) electrons. The SMILES string of the molecule is O=C1Nc2ccc(Cl)cc2C12CCN(CCOc1ccc3c(cnn3[C@H]3C[C@H](O)C3)c1)CC2. The molecular formula is C25H27ClN4O3. The summed E-state index contributed by atoms with van der Waals surface area (Å²) in [6.45, 7) is 3.11. The Hall–Kier alpha value is -2.61. The summed E-state index contributed by atoms with van der Waals surface area (Å²) >= 11 is 6.22. The third-order valence-electron chi connectivity index (χ3n) is 7.57. The van der Waals surface area contributed by atoms with Gasteiger partial charge in [0.1, 0.15) is 12.4 Å². The molecule has 3 aliphatic rings. The van der Waals surface area contributed by atoms with Gasteiger partial charge >= 0.3 is 0 Å². The molecule has 6 rings (SSSR count). The average Bonchev–Trinajstić information content (AvgIpc) is 3.32. The van der Waals surface area contributed by atoms with E-state index < -0.39 is 5.41 Å². The van der Waals surface area contributed by atoms with Gasteiger partial charge in [-0.15, -0.1) is 0 Å². The summed E-state index contributed by atoms with van der Waals surface area (Å²) in [6.07, 6.45) is 4.78. The number of fused-ring (bicyclic) bond motifs is 3. The maximum absolute atomic E-state index is 12.8. The zero-order chi connectivity index (χ0) is 22.6. The highest BCUT2D eigenvalue weighted by Gasteiger charge is 2.48. The first kappa shape index (κ1) is 21.0. The Kier molecular flexibility index (Phi) is 5.09. The Labute approximate surface area is 197 Å². The van der Waals surface area contributed by atoms with Crippen LogP contribution in [0.15, 0.2) is 42.6 Å². The third-order valence-corrected chi connectivity index (χ3v) is 7.80. The lowest BCUT2D eigenvalue weighted by atomic mass is 9.73. The van der Waals surface area contributed by atoms with Gasteiger partial charge in [0, 0.05) is 22.6 Å². The number of hydrogen-bond acceptors (Lipinski definition) is 5. The molecule has 1 aliphatic carbocycles. The largest absolute Gasteiger partial charge is 0.492 e. The molecule has 8 heteroatoms. The van der Waals surface area contributed by atoms with Crippen LogP contribution in [-0.4, -0.2) is 58.0 Å². The summed E-state index contributed by atoms with van der Waals surface area (Å²) in [5, 5.41) is 18.9. The maximum atomic E-state index is 12.8. The quantitative estimate of drug-likeness (QED) is 0.598. The van der Waals surface area contributed by atoms with Crippen molar-refractivity contribution in [3.05, 3.63) is 53.2 Å². The van der Waals surface area contributed by atoms with E-state index in [9.17, 15) is 9.90 Å². The van der Waals surface area contributed by atoms with Crippen molar-refractivity contribution < 1.29 is 14.6 Å².